The second-order valence-electron chi connectivity index (χ2n) is 3.75. The minimum Gasteiger partial charge on any atom is -0.294 e. The van der Waals surface area contributed by atoms with Crippen LogP contribution in [0, 0.1) is 0 Å². The van der Waals surface area contributed by atoms with Gasteiger partial charge in [0.15, 0.2) is 5.78 Å². The summed E-state index contributed by atoms with van der Waals surface area (Å²) >= 11 is 13.3. The molecule has 0 fully saturated rings. The first-order valence-corrected chi connectivity index (χ1v) is 6.87. The van der Waals surface area contributed by atoms with Gasteiger partial charge in [-0.25, -0.2) is 0 Å². The van der Waals surface area contributed by atoms with E-state index in [0.29, 0.717) is 15.6 Å². The Morgan fingerprint density at radius 3 is 2.22 bits per heavy atom. The zero-order valence-electron chi connectivity index (χ0n) is 9.61. The summed E-state index contributed by atoms with van der Waals surface area (Å²) in [6.07, 6.45) is 0. The van der Waals surface area contributed by atoms with Crippen molar-refractivity contribution in [1.29, 1.82) is 0 Å². The molecule has 0 radical (unpaired) electrons. The molecule has 0 atom stereocenters. The van der Waals surface area contributed by atoms with Gasteiger partial charge in [0.05, 0.1) is 0 Å². The lowest BCUT2D eigenvalue weighted by Crippen LogP contribution is -1.94. The van der Waals surface area contributed by atoms with Crippen LogP contribution in [0.4, 0.5) is 0 Å². The van der Waals surface area contributed by atoms with Gasteiger partial charge in [0.1, 0.15) is 0 Å². The molecular formula is C14H10Cl2OS. The molecule has 0 N–H and O–H groups in total. The van der Waals surface area contributed by atoms with Gasteiger partial charge in [-0.15, -0.1) is 0 Å². The minimum atomic E-state index is 0.0307. The second-order valence-corrected chi connectivity index (χ2v) is 5.74. The first-order valence-electron chi connectivity index (χ1n) is 5.30. The van der Waals surface area contributed by atoms with Gasteiger partial charge < -0.3 is 0 Å². The lowest BCUT2D eigenvalue weighted by Gasteiger charge is -2.07. The summed E-state index contributed by atoms with van der Waals surface area (Å²) < 4.78 is 0. The van der Waals surface area contributed by atoms with Gasteiger partial charge >= 0.3 is 0 Å². The lowest BCUT2D eigenvalue weighted by atomic mass is 10.1. The minimum absolute atomic E-state index is 0.0307. The average Bonchev–Trinajstić information content (AvgIpc) is 2.32. The predicted molar refractivity (Wildman–Crippen MR) is 77.0 cm³/mol. The Hall–Kier alpha value is -0.960. The highest BCUT2D eigenvalue weighted by atomic mass is 35.5. The highest BCUT2D eigenvalue weighted by molar-refractivity contribution is 7.99. The van der Waals surface area contributed by atoms with Crippen molar-refractivity contribution >= 4 is 40.7 Å². The SMILES string of the molecule is CC(=O)c1ccc(Cl)cc1Sc1ccc(Cl)cc1. The lowest BCUT2D eigenvalue weighted by molar-refractivity contribution is 0.101. The molecule has 0 heterocycles. The van der Waals surface area contributed by atoms with Crippen molar-refractivity contribution in [2.45, 2.75) is 16.7 Å². The molecular weight excluding hydrogens is 287 g/mol. The Labute approximate surface area is 120 Å². The number of carbonyl (C=O) groups is 1. The summed E-state index contributed by atoms with van der Waals surface area (Å²) in [5.74, 6) is 0.0307. The van der Waals surface area contributed by atoms with Crippen molar-refractivity contribution in [1.82, 2.24) is 0 Å². The van der Waals surface area contributed by atoms with Gasteiger partial charge in [0.25, 0.3) is 0 Å². The van der Waals surface area contributed by atoms with Gasteiger partial charge in [-0.2, -0.15) is 0 Å². The Balaban J connectivity index is 2.35. The van der Waals surface area contributed by atoms with Crippen LogP contribution in [0.15, 0.2) is 52.3 Å². The summed E-state index contributed by atoms with van der Waals surface area (Å²) in [4.78, 5) is 13.4. The molecule has 2 aromatic carbocycles. The quantitative estimate of drug-likeness (QED) is 0.711. The Morgan fingerprint density at radius 2 is 1.61 bits per heavy atom. The van der Waals surface area contributed by atoms with E-state index in [1.807, 2.05) is 24.3 Å². The normalized spacial score (nSPS) is 10.4. The van der Waals surface area contributed by atoms with Crippen LogP contribution in [0.5, 0.6) is 0 Å². The summed E-state index contributed by atoms with van der Waals surface area (Å²) in [5.41, 5.74) is 0.680. The van der Waals surface area contributed by atoms with E-state index in [-0.39, 0.29) is 5.78 Å². The molecule has 2 aromatic rings. The van der Waals surface area contributed by atoms with E-state index in [4.69, 9.17) is 23.2 Å². The summed E-state index contributed by atoms with van der Waals surface area (Å²) in [6, 6.07) is 12.8. The van der Waals surface area contributed by atoms with Crippen LogP contribution < -0.4 is 0 Å². The second kappa shape index (κ2) is 5.79. The molecule has 0 aliphatic carbocycles. The molecule has 18 heavy (non-hydrogen) atoms. The number of rotatable bonds is 3. The van der Waals surface area contributed by atoms with Gasteiger partial charge in [-0.3, -0.25) is 4.79 Å². The largest absolute Gasteiger partial charge is 0.294 e. The van der Waals surface area contributed by atoms with Crippen LogP contribution in [-0.2, 0) is 0 Å². The third kappa shape index (κ3) is 3.29. The van der Waals surface area contributed by atoms with E-state index in [1.54, 1.807) is 25.1 Å². The van der Waals surface area contributed by atoms with E-state index in [2.05, 4.69) is 0 Å². The molecule has 0 aliphatic heterocycles. The number of hydrogen-bond acceptors (Lipinski definition) is 2. The van der Waals surface area contributed by atoms with Crippen LogP contribution >= 0.6 is 35.0 Å². The third-order valence-electron chi connectivity index (χ3n) is 2.36. The van der Waals surface area contributed by atoms with Crippen LogP contribution in [0.2, 0.25) is 10.0 Å². The average molecular weight is 297 g/mol. The number of hydrogen-bond donors (Lipinski definition) is 0. The highest BCUT2D eigenvalue weighted by Crippen LogP contribution is 2.33. The maximum atomic E-state index is 11.5. The van der Waals surface area contributed by atoms with Crippen molar-refractivity contribution in [2.24, 2.45) is 0 Å². The maximum absolute atomic E-state index is 11.5. The van der Waals surface area contributed by atoms with Crippen molar-refractivity contribution in [2.75, 3.05) is 0 Å². The molecule has 4 heteroatoms. The van der Waals surface area contributed by atoms with E-state index < -0.39 is 0 Å². The van der Waals surface area contributed by atoms with Gasteiger partial charge in [-0.1, -0.05) is 35.0 Å². The predicted octanol–water partition coefficient (Wildman–Crippen LogP) is 5.35. The molecule has 0 unspecified atom stereocenters. The highest BCUT2D eigenvalue weighted by Gasteiger charge is 2.09. The number of ketones is 1. The number of carbonyl (C=O) groups excluding carboxylic acids is 1. The topological polar surface area (TPSA) is 17.1 Å². The van der Waals surface area contributed by atoms with Crippen LogP contribution in [-0.4, -0.2) is 5.78 Å². The van der Waals surface area contributed by atoms with Crippen molar-refractivity contribution in [3.8, 4) is 0 Å². The summed E-state index contributed by atoms with van der Waals surface area (Å²) in [5, 5.41) is 1.31. The van der Waals surface area contributed by atoms with Gasteiger partial charge in [-0.05, 0) is 49.4 Å². The van der Waals surface area contributed by atoms with Crippen LogP contribution in [0.25, 0.3) is 0 Å². The number of Topliss-reactive ketones (excluding diaryl/α,β-unsaturated/α-hetero) is 1. The Morgan fingerprint density at radius 1 is 1.00 bits per heavy atom. The number of benzene rings is 2. The Bertz CT molecular complexity index is 579. The standard InChI is InChI=1S/C14H10Cl2OS/c1-9(17)13-7-4-11(16)8-14(13)18-12-5-2-10(15)3-6-12/h2-8H,1H3. The fourth-order valence-corrected chi connectivity index (χ4v) is 2.90. The van der Waals surface area contributed by atoms with Crippen molar-refractivity contribution in [3.63, 3.8) is 0 Å². The van der Waals surface area contributed by atoms with Crippen molar-refractivity contribution < 1.29 is 4.79 Å². The first kappa shape index (κ1) is 13.5. The summed E-state index contributed by atoms with van der Waals surface area (Å²) in [6.45, 7) is 1.55. The molecule has 0 aliphatic rings. The number of halogens is 2. The van der Waals surface area contributed by atoms with Crippen LogP contribution in [0.1, 0.15) is 17.3 Å². The van der Waals surface area contributed by atoms with E-state index >= 15 is 0 Å². The molecule has 92 valence electrons. The van der Waals surface area contributed by atoms with Crippen molar-refractivity contribution in [3.05, 3.63) is 58.1 Å². The Kier molecular flexibility index (Phi) is 4.33. The maximum Gasteiger partial charge on any atom is 0.160 e. The molecule has 0 saturated carbocycles. The van der Waals surface area contributed by atoms with E-state index in [9.17, 15) is 4.79 Å². The molecule has 1 nitrogen and oxygen atoms in total. The van der Waals surface area contributed by atoms with Gasteiger partial charge in [0, 0.05) is 25.4 Å². The third-order valence-corrected chi connectivity index (χ3v) is 3.92. The molecule has 0 spiro atoms. The summed E-state index contributed by atoms with van der Waals surface area (Å²) in [7, 11) is 0. The molecule has 0 amide bonds. The van der Waals surface area contributed by atoms with E-state index in [1.165, 1.54) is 11.8 Å². The van der Waals surface area contributed by atoms with Gasteiger partial charge in [0.2, 0.25) is 0 Å². The zero-order chi connectivity index (χ0) is 13.1. The van der Waals surface area contributed by atoms with E-state index in [0.717, 1.165) is 9.79 Å². The molecule has 0 saturated heterocycles. The first-order chi connectivity index (χ1) is 8.56. The molecule has 2 rings (SSSR count). The fourth-order valence-electron chi connectivity index (χ4n) is 1.50. The van der Waals surface area contributed by atoms with Crippen LogP contribution in [0.3, 0.4) is 0 Å². The fraction of sp³-hybridized carbons (Fsp3) is 0.0714. The smallest absolute Gasteiger partial charge is 0.160 e. The zero-order valence-corrected chi connectivity index (χ0v) is 11.9. The monoisotopic (exact) mass is 296 g/mol. The molecule has 0 bridgehead atoms. The molecule has 0 aromatic heterocycles.